The van der Waals surface area contributed by atoms with Crippen LogP contribution in [0.3, 0.4) is 0 Å². The predicted octanol–water partition coefficient (Wildman–Crippen LogP) is 0.147. The van der Waals surface area contributed by atoms with Crippen molar-refractivity contribution in [3.8, 4) is 0 Å². The molecule has 7 heteroatoms. The monoisotopic (exact) mass is 307 g/mol. The molecule has 0 aromatic heterocycles. The second kappa shape index (κ2) is 8.44. The third-order valence-corrected chi connectivity index (χ3v) is 3.22. The largest absolute Gasteiger partial charge is 0.378 e. The Kier molecular flexibility index (Phi) is 8.08. The van der Waals surface area contributed by atoms with Crippen LogP contribution in [-0.4, -0.2) is 55.6 Å². The number of ether oxygens (including phenoxy) is 1. The summed E-state index contributed by atoms with van der Waals surface area (Å²) in [6.45, 7) is 8.52. The maximum atomic E-state index is 11.8. The number of carbonyl (C=O) groups excluding carboxylic acids is 2. The van der Waals surface area contributed by atoms with Gasteiger partial charge in [0.1, 0.15) is 0 Å². The second-order valence-electron chi connectivity index (χ2n) is 5.88. The molecule has 1 atom stereocenters. The molecule has 20 heavy (non-hydrogen) atoms. The van der Waals surface area contributed by atoms with Crippen LogP contribution in [0.5, 0.6) is 0 Å². The summed E-state index contributed by atoms with van der Waals surface area (Å²) in [5.41, 5.74) is 5.55. The van der Waals surface area contributed by atoms with Gasteiger partial charge in [-0.1, -0.05) is 20.8 Å². The number of hydrogen-bond acceptors (Lipinski definition) is 4. The first-order chi connectivity index (χ1) is 8.82. The number of rotatable bonds is 4. The van der Waals surface area contributed by atoms with Crippen LogP contribution < -0.4 is 11.1 Å². The van der Waals surface area contributed by atoms with E-state index >= 15 is 0 Å². The zero-order chi connectivity index (χ0) is 14.5. The topological polar surface area (TPSA) is 84.7 Å². The van der Waals surface area contributed by atoms with Crippen molar-refractivity contribution in [2.24, 2.45) is 11.1 Å². The van der Waals surface area contributed by atoms with Gasteiger partial charge < -0.3 is 20.7 Å². The molecule has 0 aliphatic carbocycles. The summed E-state index contributed by atoms with van der Waals surface area (Å²) >= 11 is 0. The van der Waals surface area contributed by atoms with Gasteiger partial charge >= 0.3 is 0 Å². The van der Waals surface area contributed by atoms with Crippen molar-refractivity contribution < 1.29 is 14.3 Å². The van der Waals surface area contributed by atoms with Crippen molar-refractivity contribution in [2.45, 2.75) is 33.2 Å². The fourth-order valence-corrected chi connectivity index (χ4v) is 1.77. The van der Waals surface area contributed by atoms with Gasteiger partial charge in [0, 0.05) is 26.1 Å². The molecule has 118 valence electrons. The summed E-state index contributed by atoms with van der Waals surface area (Å²) in [7, 11) is 0. The Morgan fingerprint density at radius 1 is 1.30 bits per heavy atom. The molecule has 0 bridgehead atoms. The maximum absolute atomic E-state index is 11.8. The number of halogens is 1. The minimum absolute atomic E-state index is 0. The smallest absolute Gasteiger partial charge is 0.237 e. The minimum atomic E-state index is -0.564. The van der Waals surface area contributed by atoms with Crippen LogP contribution in [0.15, 0.2) is 0 Å². The van der Waals surface area contributed by atoms with Crippen molar-refractivity contribution in [3.63, 3.8) is 0 Å². The molecule has 0 spiro atoms. The van der Waals surface area contributed by atoms with Crippen molar-refractivity contribution in [1.82, 2.24) is 10.2 Å². The molecule has 1 aliphatic rings. The van der Waals surface area contributed by atoms with Crippen LogP contribution in [0.1, 0.15) is 27.2 Å². The van der Waals surface area contributed by atoms with Crippen molar-refractivity contribution in [2.75, 3.05) is 32.8 Å². The SMILES string of the molecule is CC(C)(C)[C@H](N)C(=O)NCCC(=O)N1CCOCC1.Cl. The first kappa shape index (κ1) is 19.1. The Labute approximate surface area is 126 Å². The molecule has 0 radical (unpaired) electrons. The quantitative estimate of drug-likeness (QED) is 0.774. The van der Waals surface area contributed by atoms with Crippen LogP contribution in [0.2, 0.25) is 0 Å². The van der Waals surface area contributed by atoms with E-state index in [9.17, 15) is 9.59 Å². The van der Waals surface area contributed by atoms with Gasteiger partial charge in [-0.25, -0.2) is 0 Å². The number of nitrogens with two attached hydrogens (primary N) is 1. The summed E-state index contributed by atoms with van der Waals surface area (Å²) in [5, 5.41) is 2.72. The predicted molar refractivity (Wildman–Crippen MR) is 79.7 cm³/mol. The molecule has 1 saturated heterocycles. The van der Waals surface area contributed by atoms with E-state index in [-0.39, 0.29) is 29.6 Å². The molecule has 2 amide bonds. The van der Waals surface area contributed by atoms with E-state index in [1.807, 2.05) is 20.8 Å². The van der Waals surface area contributed by atoms with E-state index in [1.54, 1.807) is 4.90 Å². The van der Waals surface area contributed by atoms with E-state index in [0.717, 1.165) is 0 Å². The van der Waals surface area contributed by atoms with Crippen LogP contribution in [0.4, 0.5) is 0 Å². The van der Waals surface area contributed by atoms with Gasteiger partial charge in [0.2, 0.25) is 11.8 Å². The van der Waals surface area contributed by atoms with Crippen molar-refractivity contribution in [1.29, 1.82) is 0 Å². The van der Waals surface area contributed by atoms with Gasteiger partial charge in [-0.15, -0.1) is 12.4 Å². The first-order valence-corrected chi connectivity index (χ1v) is 6.71. The number of hydrogen-bond donors (Lipinski definition) is 2. The highest BCUT2D eigenvalue weighted by Crippen LogP contribution is 2.17. The Morgan fingerprint density at radius 3 is 2.35 bits per heavy atom. The highest BCUT2D eigenvalue weighted by atomic mass is 35.5. The Balaban J connectivity index is 0.00000361. The molecule has 6 nitrogen and oxygen atoms in total. The molecule has 0 aromatic carbocycles. The van der Waals surface area contributed by atoms with Crippen LogP contribution >= 0.6 is 12.4 Å². The summed E-state index contributed by atoms with van der Waals surface area (Å²) in [5.74, 6) is -0.157. The summed E-state index contributed by atoms with van der Waals surface area (Å²) in [6, 6.07) is -0.564. The fourth-order valence-electron chi connectivity index (χ4n) is 1.77. The normalized spacial score (nSPS) is 17.1. The zero-order valence-electron chi connectivity index (χ0n) is 12.5. The Morgan fingerprint density at radius 2 is 1.85 bits per heavy atom. The molecular weight excluding hydrogens is 282 g/mol. The van der Waals surface area contributed by atoms with Crippen molar-refractivity contribution >= 4 is 24.2 Å². The molecule has 1 aliphatic heterocycles. The highest BCUT2D eigenvalue weighted by Gasteiger charge is 2.27. The maximum Gasteiger partial charge on any atom is 0.237 e. The lowest BCUT2D eigenvalue weighted by atomic mass is 9.87. The molecule has 1 fully saturated rings. The molecule has 0 aromatic rings. The van der Waals surface area contributed by atoms with Crippen molar-refractivity contribution in [3.05, 3.63) is 0 Å². The standard InChI is InChI=1S/C13H25N3O3.ClH/c1-13(2,3)11(14)12(18)15-5-4-10(17)16-6-8-19-9-7-16;/h11H,4-9,14H2,1-3H3,(H,15,18);1H/t11-;/m1./s1. The zero-order valence-corrected chi connectivity index (χ0v) is 13.3. The number of nitrogens with one attached hydrogen (secondary N) is 1. The second-order valence-corrected chi connectivity index (χ2v) is 5.88. The van der Waals surface area contributed by atoms with E-state index < -0.39 is 6.04 Å². The van der Waals surface area contributed by atoms with Gasteiger partial charge in [0.25, 0.3) is 0 Å². The van der Waals surface area contributed by atoms with E-state index in [1.165, 1.54) is 0 Å². The van der Waals surface area contributed by atoms with Crippen LogP contribution in [0.25, 0.3) is 0 Å². The minimum Gasteiger partial charge on any atom is -0.378 e. The fraction of sp³-hybridized carbons (Fsp3) is 0.846. The van der Waals surface area contributed by atoms with Gasteiger partial charge in [0.15, 0.2) is 0 Å². The highest BCUT2D eigenvalue weighted by molar-refractivity contribution is 5.85. The van der Waals surface area contributed by atoms with E-state index in [0.29, 0.717) is 39.3 Å². The van der Waals surface area contributed by atoms with Gasteiger partial charge in [-0.2, -0.15) is 0 Å². The molecule has 3 N–H and O–H groups in total. The Bertz CT molecular complexity index is 325. The molecular formula is C13H26ClN3O3. The van der Waals surface area contributed by atoms with Gasteiger partial charge in [-0.3, -0.25) is 9.59 Å². The summed E-state index contributed by atoms with van der Waals surface area (Å²) < 4.78 is 5.18. The third-order valence-electron chi connectivity index (χ3n) is 3.22. The molecule has 0 saturated carbocycles. The average Bonchev–Trinajstić information content (AvgIpc) is 2.37. The molecule has 1 heterocycles. The number of morpholine rings is 1. The Hall–Kier alpha value is -0.850. The van der Waals surface area contributed by atoms with E-state index in [4.69, 9.17) is 10.5 Å². The lowest BCUT2D eigenvalue weighted by Crippen LogP contribution is -2.49. The third kappa shape index (κ3) is 6.07. The number of amides is 2. The summed E-state index contributed by atoms with van der Waals surface area (Å²) in [4.78, 5) is 25.4. The number of carbonyl (C=O) groups is 2. The van der Waals surface area contributed by atoms with E-state index in [2.05, 4.69) is 5.32 Å². The van der Waals surface area contributed by atoms with Gasteiger partial charge in [-0.05, 0) is 5.41 Å². The van der Waals surface area contributed by atoms with Crippen LogP contribution in [0, 0.1) is 5.41 Å². The lowest BCUT2D eigenvalue weighted by molar-refractivity contribution is -0.135. The molecule has 1 rings (SSSR count). The summed E-state index contributed by atoms with van der Waals surface area (Å²) in [6.07, 6.45) is 0.308. The van der Waals surface area contributed by atoms with Gasteiger partial charge in [0.05, 0.1) is 19.3 Å². The number of nitrogens with zero attached hydrogens (tertiary/aromatic N) is 1. The molecule has 0 unspecified atom stereocenters. The first-order valence-electron chi connectivity index (χ1n) is 6.71. The average molecular weight is 308 g/mol. The lowest BCUT2D eigenvalue weighted by Gasteiger charge is -2.28. The van der Waals surface area contributed by atoms with Crippen LogP contribution in [-0.2, 0) is 14.3 Å².